The summed E-state index contributed by atoms with van der Waals surface area (Å²) >= 11 is 0. The van der Waals surface area contributed by atoms with Gasteiger partial charge in [0.15, 0.2) is 5.34 Å². The Morgan fingerprint density at radius 3 is 1.50 bits per heavy atom. The molecule has 3 nitrogen and oxygen atoms in total. The zero-order valence-corrected chi connectivity index (χ0v) is 8.36. The van der Waals surface area contributed by atoms with Crippen molar-refractivity contribution >= 4 is 87.9 Å². The average molecular weight is 168 g/mol. The predicted molar refractivity (Wildman–Crippen MR) is 30.8 cm³/mol. The van der Waals surface area contributed by atoms with Crippen molar-refractivity contribution in [3.05, 3.63) is 4.91 Å². The van der Waals surface area contributed by atoms with Crippen LogP contribution in [-0.2, 0) is 0 Å². The second kappa shape index (κ2) is 27.0. The van der Waals surface area contributed by atoms with E-state index < -0.39 is 0 Å². The molecule has 0 spiro atoms. The molecular weight excluding hydrogens is 162 g/mol. The summed E-state index contributed by atoms with van der Waals surface area (Å²) in [6.45, 7) is 0. The maximum absolute atomic E-state index is 8.11. The Bertz CT molecular complexity index is 28.7. The molecule has 0 radical (unpaired) electrons. The first-order valence-electron chi connectivity index (χ1n) is 0.383. The number of rotatable bonds is 0. The van der Waals surface area contributed by atoms with Gasteiger partial charge in [-0.05, 0) is 0 Å². The molecule has 0 unspecified atom stereocenters. The van der Waals surface area contributed by atoms with Gasteiger partial charge < -0.3 is 10.9 Å². The van der Waals surface area contributed by atoms with Crippen LogP contribution in [0.25, 0.3) is 0 Å². The molecule has 1 N–H and O–H groups in total. The van der Waals surface area contributed by atoms with Crippen molar-refractivity contribution in [1.82, 2.24) is 0 Å². The molecule has 0 saturated heterocycles. The van der Waals surface area contributed by atoms with E-state index in [1.807, 2.05) is 0 Å². The monoisotopic (exact) mass is 167 g/mol. The zero-order valence-electron chi connectivity index (χ0n) is 7.13. The van der Waals surface area contributed by atoms with Gasteiger partial charge in [0.05, 0.1) is 0 Å². The first-order valence-corrected chi connectivity index (χ1v) is 0.383. The van der Waals surface area contributed by atoms with Crippen LogP contribution >= 0.6 is 12.4 Å². The van der Waals surface area contributed by atoms with Gasteiger partial charge in [-0.2, -0.15) is 0 Å². The number of hydrogen-bond donors (Lipinski definition) is 1. The number of hydrogen-bond acceptors (Lipinski definition) is 2. The largest absolute Gasteiger partial charge is 2.00 e. The Morgan fingerprint density at radius 2 is 1.50 bits per heavy atom. The van der Waals surface area contributed by atoms with Crippen molar-refractivity contribution in [2.45, 2.75) is 0 Å². The van der Waals surface area contributed by atoms with Gasteiger partial charge in [0.1, 0.15) is 0 Å². The van der Waals surface area contributed by atoms with Gasteiger partial charge in [-0.3, -0.25) is 0 Å². The van der Waals surface area contributed by atoms with Crippen molar-refractivity contribution in [3.63, 3.8) is 0 Å². The molecule has 0 aromatic carbocycles. The Labute approximate surface area is 107 Å². The molecule has 0 bridgehead atoms. The standard InChI is InChI=1S/2Ca.ClH.HNO2.4H/c;;;2-1-3;;;;/h;;1H;(H,2,3);;;;/q2*+2;;;4*-1. The molecule has 0 aliphatic carbocycles. The van der Waals surface area contributed by atoms with E-state index in [-0.39, 0.29) is 93.6 Å². The summed E-state index contributed by atoms with van der Waals surface area (Å²) in [5, 5.41) is 7.89. The smallest absolute Gasteiger partial charge is 1.00 e. The molecule has 0 fully saturated rings. The minimum atomic E-state index is 0. The van der Waals surface area contributed by atoms with Gasteiger partial charge in [0, 0.05) is 0 Å². The van der Waals surface area contributed by atoms with Crippen molar-refractivity contribution in [3.8, 4) is 0 Å². The molecule has 0 saturated carbocycles. The van der Waals surface area contributed by atoms with Crippen LogP contribution in [0.3, 0.4) is 0 Å². The van der Waals surface area contributed by atoms with Crippen LogP contribution < -0.4 is 0 Å². The third-order valence-electron chi connectivity index (χ3n) is 0. The third kappa shape index (κ3) is 34.5. The van der Waals surface area contributed by atoms with Crippen LogP contribution in [0, 0.1) is 4.91 Å². The fourth-order valence-corrected chi connectivity index (χ4v) is 0. The maximum atomic E-state index is 8.11. The summed E-state index contributed by atoms with van der Waals surface area (Å²) in [7, 11) is 0. The van der Waals surface area contributed by atoms with Crippen LogP contribution in [0.4, 0.5) is 0 Å². The Balaban J connectivity index is -0.000000000952. The van der Waals surface area contributed by atoms with Gasteiger partial charge in [-0.25, -0.2) is 0 Å². The van der Waals surface area contributed by atoms with Crippen LogP contribution in [0.5, 0.6) is 0 Å². The van der Waals surface area contributed by atoms with Crippen LogP contribution in [-0.4, -0.2) is 80.7 Å². The van der Waals surface area contributed by atoms with E-state index >= 15 is 0 Å². The maximum Gasteiger partial charge on any atom is 2.00 e. The Kier molecular flexibility index (Phi) is 108. The molecule has 0 aromatic heterocycles. The summed E-state index contributed by atoms with van der Waals surface area (Å²) in [5.74, 6) is 0. The fourth-order valence-electron chi connectivity index (χ4n) is 0. The molecule has 34 valence electrons. The SMILES string of the molecule is Cl.O=NO.[Ca+2].[Ca+2].[H-].[H-].[H-].[H-]. The summed E-state index contributed by atoms with van der Waals surface area (Å²) in [6, 6.07) is 0. The number of nitrogens with zero attached hydrogens (tertiary/aromatic N) is 1. The second-order valence-electron chi connectivity index (χ2n) is 0.0816. The second-order valence-corrected chi connectivity index (χ2v) is 0.0816. The summed E-state index contributed by atoms with van der Waals surface area (Å²) < 4.78 is 0. The van der Waals surface area contributed by atoms with E-state index in [4.69, 9.17) is 10.1 Å². The van der Waals surface area contributed by atoms with E-state index in [0.29, 0.717) is 0 Å². The molecule has 0 aromatic rings. The van der Waals surface area contributed by atoms with Gasteiger partial charge in [-0.15, -0.1) is 17.3 Å². The molecule has 0 aliphatic rings. The minimum absolute atomic E-state index is 0. The van der Waals surface area contributed by atoms with Crippen molar-refractivity contribution in [1.29, 1.82) is 0 Å². The van der Waals surface area contributed by atoms with E-state index in [2.05, 4.69) is 0 Å². The van der Waals surface area contributed by atoms with Crippen molar-refractivity contribution in [2.24, 2.45) is 5.34 Å². The molecule has 0 heterocycles. The molecular formula is H6Ca2ClNO2. The third-order valence-corrected chi connectivity index (χ3v) is 0. The molecule has 0 atom stereocenters. The van der Waals surface area contributed by atoms with E-state index in [9.17, 15) is 0 Å². The fraction of sp³-hybridized carbons (Fsp3) is 0. The molecule has 0 aliphatic heterocycles. The molecule has 6 heavy (non-hydrogen) atoms. The van der Waals surface area contributed by atoms with Gasteiger partial charge in [-0.1, -0.05) is 0 Å². The van der Waals surface area contributed by atoms with Gasteiger partial charge >= 0.3 is 75.5 Å². The van der Waals surface area contributed by atoms with Gasteiger partial charge in [0.2, 0.25) is 0 Å². The first kappa shape index (κ1) is 24.1. The molecule has 0 rings (SSSR count). The topological polar surface area (TPSA) is 49.7 Å². The van der Waals surface area contributed by atoms with E-state index in [0.717, 1.165) is 0 Å². The first-order chi connectivity index (χ1) is 1.41. The predicted octanol–water partition coefficient (Wildman–Crippen LogP) is 0.252. The Hall–Kier alpha value is 2.21. The average Bonchev–Trinajstić information content (AvgIpc) is 0.918. The molecule has 6 heteroatoms. The van der Waals surface area contributed by atoms with Crippen molar-refractivity contribution in [2.75, 3.05) is 0 Å². The normalized spacial score (nSPS) is 2.00. The van der Waals surface area contributed by atoms with Crippen LogP contribution in [0.15, 0.2) is 5.34 Å². The molecule has 0 amide bonds. The number of halogens is 1. The van der Waals surface area contributed by atoms with Crippen molar-refractivity contribution < 1.29 is 10.9 Å². The summed E-state index contributed by atoms with van der Waals surface area (Å²) in [5.41, 5.74) is 0. The van der Waals surface area contributed by atoms with Crippen LogP contribution in [0.1, 0.15) is 5.71 Å². The quantitative estimate of drug-likeness (QED) is 0.320. The van der Waals surface area contributed by atoms with E-state index in [1.54, 1.807) is 0 Å². The van der Waals surface area contributed by atoms with Gasteiger partial charge in [0.25, 0.3) is 0 Å². The summed E-state index contributed by atoms with van der Waals surface area (Å²) in [6.07, 6.45) is 0. The zero-order chi connectivity index (χ0) is 2.71. The minimum Gasteiger partial charge on any atom is -1.00 e. The Morgan fingerprint density at radius 1 is 1.50 bits per heavy atom. The van der Waals surface area contributed by atoms with E-state index in [1.165, 1.54) is 5.34 Å². The van der Waals surface area contributed by atoms with Crippen LogP contribution in [0.2, 0.25) is 0 Å². The summed E-state index contributed by atoms with van der Waals surface area (Å²) in [4.78, 5) is 8.11.